The van der Waals surface area contributed by atoms with E-state index < -0.39 is 95.8 Å². The van der Waals surface area contributed by atoms with Gasteiger partial charge in [0.1, 0.15) is 0 Å². The van der Waals surface area contributed by atoms with E-state index in [0.717, 1.165) is 0 Å². The summed E-state index contributed by atoms with van der Waals surface area (Å²) >= 11 is 0. The first-order chi connectivity index (χ1) is 19.1. The third-order valence-electron chi connectivity index (χ3n) is 5.23. The Labute approximate surface area is 227 Å². The van der Waals surface area contributed by atoms with Crippen molar-refractivity contribution in [3.63, 3.8) is 0 Å². The highest BCUT2D eigenvalue weighted by atomic mass is 19.4. The van der Waals surface area contributed by atoms with Crippen molar-refractivity contribution in [2.75, 3.05) is 6.86 Å². The van der Waals surface area contributed by atoms with Crippen molar-refractivity contribution in [1.29, 1.82) is 0 Å². The van der Waals surface area contributed by atoms with E-state index in [2.05, 4.69) is 4.74 Å². The molecule has 0 bridgehead atoms. The van der Waals surface area contributed by atoms with E-state index in [9.17, 15) is 119 Å². The molecular weight excluding hydrogens is 730 g/mol. The van der Waals surface area contributed by atoms with E-state index in [1.807, 2.05) is 0 Å². The number of carbonyl (C=O) groups excluding carboxylic acids is 1. The van der Waals surface area contributed by atoms with Crippen molar-refractivity contribution in [1.82, 2.24) is 0 Å². The van der Waals surface area contributed by atoms with E-state index >= 15 is 0 Å². The first kappa shape index (κ1) is 42.4. The molecule has 0 aromatic carbocycles. The van der Waals surface area contributed by atoms with Crippen LogP contribution in [0, 0.1) is 0 Å². The summed E-state index contributed by atoms with van der Waals surface area (Å²) in [4.78, 5) is 10.9. The number of alkyl halides is 26. The van der Waals surface area contributed by atoms with Crippen LogP contribution in [0.3, 0.4) is 0 Å². The fourth-order valence-corrected chi connectivity index (χ4v) is 2.55. The average molecular weight is 736 g/mol. The summed E-state index contributed by atoms with van der Waals surface area (Å²) in [6.45, 7) is -2.54. The van der Waals surface area contributed by atoms with Crippen LogP contribution in [0.2, 0.25) is 0 Å². The molecule has 0 aliphatic rings. The summed E-state index contributed by atoms with van der Waals surface area (Å²) in [5.41, 5.74) is -2.21. The van der Waals surface area contributed by atoms with Crippen molar-refractivity contribution in [3.05, 3.63) is 11.6 Å². The Morgan fingerprint density at radius 2 is 0.667 bits per heavy atom. The van der Waals surface area contributed by atoms with Crippen LogP contribution < -0.4 is 0 Å². The van der Waals surface area contributed by atoms with Crippen molar-refractivity contribution in [2.45, 2.75) is 78.2 Å². The van der Waals surface area contributed by atoms with Gasteiger partial charge < -0.3 is 4.74 Å². The molecule has 0 unspecified atom stereocenters. The molecule has 2 nitrogen and oxygen atoms in total. The Bertz CT molecular complexity index is 1130. The highest BCUT2D eigenvalue weighted by Gasteiger charge is 2.99. The summed E-state index contributed by atoms with van der Waals surface area (Å²) in [6, 6.07) is 0. The Balaban J connectivity index is 7.37. The third-order valence-corrected chi connectivity index (χ3v) is 5.23. The summed E-state index contributed by atoms with van der Waals surface area (Å²) < 4.78 is 349. The second kappa shape index (κ2) is 11.0. The lowest BCUT2D eigenvalue weighted by molar-refractivity contribution is -0.481. The number of halogens is 26. The van der Waals surface area contributed by atoms with Gasteiger partial charge in [0.25, 0.3) is 0 Å². The lowest BCUT2D eigenvalue weighted by Gasteiger charge is -2.45. The normalized spacial score (nSPS) is 16.6. The Morgan fingerprint density at radius 1 is 0.444 bits per heavy atom. The van der Waals surface area contributed by atoms with Crippen LogP contribution in [0.4, 0.5) is 114 Å². The second-order valence-corrected chi connectivity index (χ2v) is 8.23. The largest absolute Gasteiger partial charge is 0.460 e. The highest BCUT2D eigenvalue weighted by Crippen LogP contribution is 2.67. The van der Waals surface area contributed by atoms with Crippen LogP contribution in [0.1, 0.15) is 6.92 Å². The predicted molar refractivity (Wildman–Crippen MR) is 86.3 cm³/mol. The quantitative estimate of drug-likeness (QED) is 0.107. The predicted octanol–water partition coefficient (Wildman–Crippen LogP) is 8.95. The molecule has 0 N–H and O–H groups in total. The zero-order valence-corrected chi connectivity index (χ0v) is 19.9. The summed E-state index contributed by atoms with van der Waals surface area (Å²) in [7, 11) is 0. The van der Waals surface area contributed by atoms with Crippen LogP contribution in [0.5, 0.6) is 0 Å². The summed E-state index contributed by atoms with van der Waals surface area (Å²) in [5, 5.41) is 0. The fraction of sp³-hybridized carbons (Fsp3) is 0.824. The van der Waals surface area contributed by atoms with Crippen LogP contribution >= 0.6 is 0 Å². The van der Waals surface area contributed by atoms with Crippen molar-refractivity contribution < 1.29 is 124 Å². The van der Waals surface area contributed by atoms with Gasteiger partial charge in [-0.1, -0.05) is 0 Å². The standard InChI is InChI=1S/C17H6F26O2/c1-4(5(44)45-3-18)2-6(19,20)7(21,22)8(23,24)9(25,26)10(27,28)11(29,30)12(31,32)13(33,34)14(35,36)15(37,38)16(39,40)17(41,42)43/h2H,3H2,1H3. The van der Waals surface area contributed by atoms with Crippen LogP contribution in [0.15, 0.2) is 11.6 Å². The Kier molecular flexibility index (Phi) is 10.4. The van der Waals surface area contributed by atoms with Crippen LogP contribution in [-0.4, -0.2) is 84.2 Å². The molecular formula is C17H6F26O2. The molecule has 0 spiro atoms. The van der Waals surface area contributed by atoms with E-state index in [1.54, 1.807) is 0 Å². The zero-order valence-electron chi connectivity index (χ0n) is 19.9. The summed E-state index contributed by atoms with van der Waals surface area (Å²) in [5.74, 6) is -102. The lowest BCUT2D eigenvalue weighted by Crippen LogP contribution is -2.78. The molecule has 0 fully saturated rings. The maximum absolute atomic E-state index is 13.8. The van der Waals surface area contributed by atoms with Gasteiger partial charge in [-0.15, -0.1) is 0 Å². The van der Waals surface area contributed by atoms with Gasteiger partial charge in [-0.2, -0.15) is 110 Å². The molecule has 0 saturated heterocycles. The van der Waals surface area contributed by atoms with Crippen LogP contribution in [-0.2, 0) is 9.53 Å². The number of carbonyl (C=O) groups is 1. The smallest absolute Gasteiger partial charge is 0.430 e. The van der Waals surface area contributed by atoms with E-state index in [1.165, 1.54) is 0 Å². The van der Waals surface area contributed by atoms with E-state index in [-0.39, 0.29) is 6.92 Å². The molecule has 45 heavy (non-hydrogen) atoms. The number of hydrogen-bond donors (Lipinski definition) is 0. The molecule has 0 atom stereocenters. The van der Waals surface area contributed by atoms with E-state index in [4.69, 9.17) is 0 Å². The first-order valence-corrected chi connectivity index (χ1v) is 9.77. The Hall–Kier alpha value is -2.61. The van der Waals surface area contributed by atoms with Gasteiger partial charge in [0.05, 0.1) is 0 Å². The van der Waals surface area contributed by atoms with Gasteiger partial charge in [-0.25, -0.2) is 9.18 Å². The lowest BCUT2D eigenvalue weighted by atomic mass is 9.84. The SMILES string of the molecule is CC(=CC(F)(F)C(F)(F)C(F)(F)C(F)(F)C(F)(F)C(F)(F)C(F)(F)C(F)(F)C(F)(F)C(F)(F)C(F)(F)C(F)(F)F)C(=O)OCF. The van der Waals surface area contributed by atoms with Crippen molar-refractivity contribution >= 4 is 5.97 Å². The molecule has 0 saturated carbocycles. The maximum Gasteiger partial charge on any atom is 0.460 e. The number of esters is 1. The molecule has 0 aliphatic heterocycles. The number of allylic oxidation sites excluding steroid dienone is 1. The topological polar surface area (TPSA) is 26.3 Å². The zero-order chi connectivity index (χ0) is 37.3. The van der Waals surface area contributed by atoms with Crippen molar-refractivity contribution in [3.8, 4) is 0 Å². The van der Waals surface area contributed by atoms with Gasteiger partial charge in [0.15, 0.2) is 0 Å². The molecule has 268 valence electrons. The minimum absolute atomic E-state index is 0.220. The number of rotatable bonds is 13. The molecule has 0 aromatic rings. The monoisotopic (exact) mass is 736 g/mol. The molecule has 0 radical (unpaired) electrons. The molecule has 0 heterocycles. The van der Waals surface area contributed by atoms with E-state index in [0.29, 0.717) is 0 Å². The number of ether oxygens (including phenoxy) is 1. The van der Waals surface area contributed by atoms with Crippen LogP contribution in [0.25, 0.3) is 0 Å². The minimum atomic E-state index is -9.68. The van der Waals surface area contributed by atoms with Gasteiger partial charge in [0.2, 0.25) is 6.86 Å². The molecule has 28 heteroatoms. The molecule has 0 rings (SSSR count). The molecule has 0 amide bonds. The van der Waals surface area contributed by atoms with Gasteiger partial charge in [-0.05, 0) is 6.92 Å². The van der Waals surface area contributed by atoms with Gasteiger partial charge in [0, 0.05) is 11.6 Å². The highest BCUT2D eigenvalue weighted by molar-refractivity contribution is 5.87. The van der Waals surface area contributed by atoms with Crippen molar-refractivity contribution in [2.24, 2.45) is 0 Å². The van der Waals surface area contributed by atoms with Gasteiger partial charge in [-0.3, -0.25) is 0 Å². The number of hydrogen-bond acceptors (Lipinski definition) is 2. The molecule has 0 aliphatic carbocycles. The third kappa shape index (κ3) is 5.47. The second-order valence-electron chi connectivity index (χ2n) is 8.23. The molecule has 0 aromatic heterocycles. The maximum atomic E-state index is 13.8. The Morgan fingerprint density at radius 3 is 0.889 bits per heavy atom. The fourth-order valence-electron chi connectivity index (χ4n) is 2.55. The average Bonchev–Trinajstić information content (AvgIpc) is 2.81. The first-order valence-electron chi connectivity index (χ1n) is 9.77. The van der Waals surface area contributed by atoms with Gasteiger partial charge >= 0.3 is 77.3 Å². The summed E-state index contributed by atoms with van der Waals surface area (Å²) in [6.07, 6.45) is -10.2. The minimum Gasteiger partial charge on any atom is -0.430 e.